The van der Waals surface area contributed by atoms with Gasteiger partial charge in [-0.2, -0.15) is 0 Å². The van der Waals surface area contributed by atoms with E-state index in [0.29, 0.717) is 0 Å². The van der Waals surface area contributed by atoms with Crippen molar-refractivity contribution in [3.63, 3.8) is 0 Å². The summed E-state index contributed by atoms with van der Waals surface area (Å²) >= 11 is 3.44. The minimum Gasteiger partial charge on any atom is -0.325 e. The third kappa shape index (κ3) is 2.88. The van der Waals surface area contributed by atoms with Gasteiger partial charge in [0, 0.05) is 28.3 Å². The number of hydrogen-bond donors (Lipinski definition) is 1. The van der Waals surface area contributed by atoms with Crippen LogP contribution in [0, 0.1) is 5.92 Å². The summed E-state index contributed by atoms with van der Waals surface area (Å²) in [6, 6.07) is 11.9. The van der Waals surface area contributed by atoms with E-state index in [-0.39, 0.29) is 11.8 Å². The standard InChI is InChI=1S/C18H16BrN3O/c19-14-6-4-12(5-7-14)16-11-22-10-15(8-9-17(22)21-16)20-18(23)13-2-1-3-13/h4-11,13H,1-3H2,(H,20,23). The smallest absolute Gasteiger partial charge is 0.227 e. The maximum Gasteiger partial charge on any atom is 0.227 e. The van der Waals surface area contributed by atoms with Gasteiger partial charge < -0.3 is 9.72 Å². The number of halogens is 1. The first-order valence-electron chi connectivity index (χ1n) is 7.74. The number of nitrogens with zero attached hydrogens (tertiary/aromatic N) is 2. The van der Waals surface area contributed by atoms with E-state index in [0.717, 1.165) is 46.3 Å². The van der Waals surface area contributed by atoms with Gasteiger partial charge in [0.05, 0.1) is 11.4 Å². The second-order valence-corrected chi connectivity index (χ2v) is 6.85. The van der Waals surface area contributed by atoms with Crippen molar-refractivity contribution in [2.45, 2.75) is 19.3 Å². The first-order chi connectivity index (χ1) is 11.2. The Hall–Kier alpha value is -2.14. The number of rotatable bonds is 3. The lowest BCUT2D eigenvalue weighted by Gasteiger charge is -2.23. The predicted octanol–water partition coefficient (Wildman–Crippen LogP) is 4.50. The molecule has 3 aromatic rings. The fraction of sp³-hybridized carbons (Fsp3) is 0.222. The van der Waals surface area contributed by atoms with Crippen LogP contribution in [0.1, 0.15) is 19.3 Å². The summed E-state index contributed by atoms with van der Waals surface area (Å²) in [7, 11) is 0. The van der Waals surface area contributed by atoms with Crippen LogP contribution in [-0.4, -0.2) is 15.3 Å². The summed E-state index contributed by atoms with van der Waals surface area (Å²) in [5, 5.41) is 3.00. The number of anilines is 1. The quantitative estimate of drug-likeness (QED) is 0.738. The highest BCUT2D eigenvalue weighted by Gasteiger charge is 2.25. The van der Waals surface area contributed by atoms with Crippen LogP contribution in [0.15, 0.2) is 53.3 Å². The number of hydrogen-bond acceptors (Lipinski definition) is 2. The lowest BCUT2D eigenvalue weighted by atomic mass is 9.85. The van der Waals surface area contributed by atoms with Gasteiger partial charge in [-0.25, -0.2) is 4.98 Å². The van der Waals surface area contributed by atoms with E-state index < -0.39 is 0 Å². The molecule has 1 saturated carbocycles. The predicted molar refractivity (Wildman–Crippen MR) is 94.3 cm³/mol. The fourth-order valence-corrected chi connectivity index (χ4v) is 3.00. The van der Waals surface area contributed by atoms with Crippen molar-refractivity contribution >= 4 is 33.2 Å². The number of nitrogens with one attached hydrogen (secondary N) is 1. The van der Waals surface area contributed by atoms with E-state index in [4.69, 9.17) is 0 Å². The zero-order valence-corrected chi connectivity index (χ0v) is 14.1. The highest BCUT2D eigenvalue weighted by atomic mass is 79.9. The Balaban J connectivity index is 1.61. The summed E-state index contributed by atoms with van der Waals surface area (Å²) in [5.74, 6) is 0.315. The molecule has 1 amide bonds. The topological polar surface area (TPSA) is 46.4 Å². The molecule has 0 radical (unpaired) electrons. The van der Waals surface area contributed by atoms with Crippen molar-refractivity contribution in [3.05, 3.63) is 53.3 Å². The molecule has 2 heterocycles. The molecule has 0 unspecified atom stereocenters. The van der Waals surface area contributed by atoms with Gasteiger partial charge in [-0.05, 0) is 37.1 Å². The Morgan fingerprint density at radius 1 is 1.13 bits per heavy atom. The number of carbonyl (C=O) groups is 1. The normalized spacial score (nSPS) is 14.7. The molecule has 0 atom stereocenters. The maximum atomic E-state index is 12.0. The molecule has 1 aromatic carbocycles. The van der Waals surface area contributed by atoms with Crippen molar-refractivity contribution in [1.29, 1.82) is 0 Å². The lowest BCUT2D eigenvalue weighted by Crippen LogP contribution is -2.28. The van der Waals surface area contributed by atoms with E-state index in [1.807, 2.05) is 53.2 Å². The molecule has 0 saturated heterocycles. The van der Waals surface area contributed by atoms with Gasteiger partial charge >= 0.3 is 0 Å². The molecule has 1 aliphatic rings. The average Bonchev–Trinajstić information content (AvgIpc) is 2.89. The van der Waals surface area contributed by atoms with Crippen LogP contribution in [-0.2, 0) is 4.79 Å². The summed E-state index contributed by atoms with van der Waals surface area (Å²) < 4.78 is 3.00. The molecule has 0 spiro atoms. The van der Waals surface area contributed by atoms with Crippen LogP contribution in [0.4, 0.5) is 5.69 Å². The summed E-state index contributed by atoms with van der Waals surface area (Å²) in [4.78, 5) is 16.7. The maximum absolute atomic E-state index is 12.0. The Labute approximate surface area is 142 Å². The number of imidazole rings is 1. The van der Waals surface area contributed by atoms with E-state index in [2.05, 4.69) is 26.2 Å². The van der Waals surface area contributed by atoms with Gasteiger partial charge in [0.2, 0.25) is 5.91 Å². The molecule has 23 heavy (non-hydrogen) atoms. The van der Waals surface area contributed by atoms with Crippen molar-refractivity contribution in [3.8, 4) is 11.3 Å². The van der Waals surface area contributed by atoms with E-state index >= 15 is 0 Å². The molecule has 4 nitrogen and oxygen atoms in total. The third-order valence-electron chi connectivity index (χ3n) is 4.33. The molecule has 116 valence electrons. The number of aromatic nitrogens is 2. The largest absolute Gasteiger partial charge is 0.325 e. The summed E-state index contributed by atoms with van der Waals surface area (Å²) in [5.41, 5.74) is 3.66. The number of pyridine rings is 1. The van der Waals surface area contributed by atoms with Gasteiger partial charge in [-0.3, -0.25) is 4.79 Å². The molecule has 4 rings (SSSR count). The second kappa shape index (κ2) is 5.81. The number of benzene rings is 1. The molecule has 1 fully saturated rings. The molecule has 1 N–H and O–H groups in total. The van der Waals surface area contributed by atoms with Crippen molar-refractivity contribution in [1.82, 2.24) is 9.38 Å². The van der Waals surface area contributed by atoms with Crippen LogP contribution >= 0.6 is 15.9 Å². The average molecular weight is 370 g/mol. The highest BCUT2D eigenvalue weighted by molar-refractivity contribution is 9.10. The first-order valence-corrected chi connectivity index (χ1v) is 8.54. The Kier molecular flexibility index (Phi) is 3.65. The number of carbonyl (C=O) groups excluding carboxylic acids is 1. The summed E-state index contributed by atoms with van der Waals surface area (Å²) in [6.07, 6.45) is 7.08. The zero-order chi connectivity index (χ0) is 15.8. The Morgan fingerprint density at radius 2 is 1.91 bits per heavy atom. The van der Waals surface area contributed by atoms with E-state index in [1.165, 1.54) is 0 Å². The molecule has 2 aromatic heterocycles. The molecule has 0 aliphatic heterocycles. The minimum atomic E-state index is 0.129. The fourth-order valence-electron chi connectivity index (χ4n) is 2.74. The van der Waals surface area contributed by atoms with E-state index in [9.17, 15) is 4.79 Å². The van der Waals surface area contributed by atoms with E-state index in [1.54, 1.807) is 0 Å². The molecule has 5 heteroatoms. The van der Waals surface area contributed by atoms with Gasteiger partial charge in [0.25, 0.3) is 0 Å². The molecular formula is C18H16BrN3O. The van der Waals surface area contributed by atoms with Crippen LogP contribution in [0.3, 0.4) is 0 Å². The lowest BCUT2D eigenvalue weighted by molar-refractivity contribution is -0.122. The van der Waals surface area contributed by atoms with Crippen LogP contribution in [0.2, 0.25) is 0 Å². The van der Waals surface area contributed by atoms with Crippen molar-refractivity contribution in [2.75, 3.05) is 5.32 Å². The SMILES string of the molecule is O=C(Nc1ccc2nc(-c3ccc(Br)cc3)cn2c1)C1CCC1. The van der Waals surface area contributed by atoms with Crippen LogP contribution in [0.5, 0.6) is 0 Å². The Morgan fingerprint density at radius 3 is 2.61 bits per heavy atom. The second-order valence-electron chi connectivity index (χ2n) is 5.93. The van der Waals surface area contributed by atoms with Crippen LogP contribution in [0.25, 0.3) is 16.9 Å². The minimum absolute atomic E-state index is 0.129. The van der Waals surface area contributed by atoms with Crippen molar-refractivity contribution < 1.29 is 4.79 Å². The van der Waals surface area contributed by atoms with Gasteiger partial charge in [0.15, 0.2) is 0 Å². The number of amides is 1. The van der Waals surface area contributed by atoms with Gasteiger partial charge in [-0.15, -0.1) is 0 Å². The molecule has 0 bridgehead atoms. The highest BCUT2D eigenvalue weighted by Crippen LogP contribution is 2.28. The molecule has 1 aliphatic carbocycles. The summed E-state index contributed by atoms with van der Waals surface area (Å²) in [6.45, 7) is 0. The van der Waals surface area contributed by atoms with Crippen molar-refractivity contribution in [2.24, 2.45) is 5.92 Å². The Bertz CT molecular complexity index is 866. The van der Waals surface area contributed by atoms with Crippen LogP contribution < -0.4 is 5.32 Å². The van der Waals surface area contributed by atoms with Gasteiger partial charge in [0.1, 0.15) is 5.65 Å². The number of fused-ring (bicyclic) bond motifs is 1. The zero-order valence-electron chi connectivity index (χ0n) is 12.5. The molecular weight excluding hydrogens is 354 g/mol. The van der Waals surface area contributed by atoms with Gasteiger partial charge in [-0.1, -0.05) is 34.5 Å². The third-order valence-corrected chi connectivity index (χ3v) is 4.86. The first kappa shape index (κ1) is 14.5. The monoisotopic (exact) mass is 369 g/mol.